The fourth-order valence-electron chi connectivity index (χ4n) is 1.28. The van der Waals surface area contributed by atoms with E-state index in [4.69, 9.17) is 0 Å². The predicted octanol–water partition coefficient (Wildman–Crippen LogP) is 0.856. The van der Waals surface area contributed by atoms with Gasteiger partial charge in [0.15, 0.2) is 0 Å². The normalized spacial score (nSPS) is 18.5. The molecule has 0 saturated heterocycles. The van der Waals surface area contributed by atoms with E-state index in [0.29, 0.717) is 0 Å². The number of nitrogens with zero attached hydrogens (tertiary/aromatic N) is 1. The van der Waals surface area contributed by atoms with Gasteiger partial charge in [-0.05, 0) is 26.9 Å². The topological polar surface area (TPSA) is 15.3 Å². The zero-order valence-corrected chi connectivity index (χ0v) is 7.51. The van der Waals surface area contributed by atoms with Gasteiger partial charge in [-0.2, -0.15) is 0 Å². The molecule has 0 aromatic carbocycles. The quantitative estimate of drug-likeness (QED) is 0.604. The summed E-state index contributed by atoms with van der Waals surface area (Å²) in [7, 11) is 4.21. The van der Waals surface area contributed by atoms with Crippen LogP contribution in [0.5, 0.6) is 0 Å². The van der Waals surface area contributed by atoms with Crippen molar-refractivity contribution in [2.24, 2.45) is 0 Å². The first-order chi connectivity index (χ1) is 5.29. The third-order valence-electron chi connectivity index (χ3n) is 2.00. The molecule has 0 aliphatic heterocycles. The van der Waals surface area contributed by atoms with Gasteiger partial charge in [0, 0.05) is 19.1 Å². The molecule has 1 aliphatic carbocycles. The Hall–Kier alpha value is -0.340. The molecule has 0 saturated carbocycles. The molecule has 0 aromatic heterocycles. The van der Waals surface area contributed by atoms with Gasteiger partial charge in [0.1, 0.15) is 0 Å². The molecule has 0 spiro atoms. The van der Waals surface area contributed by atoms with Crippen LogP contribution in [0.15, 0.2) is 12.2 Å². The largest absolute Gasteiger partial charge is 0.312 e. The minimum Gasteiger partial charge on any atom is -0.312 e. The van der Waals surface area contributed by atoms with Gasteiger partial charge in [-0.1, -0.05) is 12.2 Å². The molecule has 0 atom stereocenters. The van der Waals surface area contributed by atoms with Crippen molar-refractivity contribution in [1.29, 1.82) is 0 Å². The summed E-state index contributed by atoms with van der Waals surface area (Å²) in [6.07, 6.45) is 6.95. The molecule has 1 N–H and O–H groups in total. The van der Waals surface area contributed by atoms with Crippen molar-refractivity contribution >= 4 is 0 Å². The molecule has 0 aromatic rings. The van der Waals surface area contributed by atoms with Crippen molar-refractivity contribution in [2.75, 3.05) is 27.2 Å². The van der Waals surface area contributed by atoms with Crippen molar-refractivity contribution < 1.29 is 0 Å². The van der Waals surface area contributed by atoms with Crippen LogP contribution in [0.2, 0.25) is 0 Å². The number of hydrogen-bond donors (Lipinski definition) is 1. The van der Waals surface area contributed by atoms with Crippen LogP contribution in [-0.2, 0) is 0 Å². The van der Waals surface area contributed by atoms with Gasteiger partial charge in [0.2, 0.25) is 0 Å². The van der Waals surface area contributed by atoms with E-state index in [1.165, 1.54) is 12.8 Å². The second kappa shape index (κ2) is 4.52. The summed E-state index contributed by atoms with van der Waals surface area (Å²) >= 11 is 0. The Kier molecular flexibility index (Phi) is 3.60. The summed E-state index contributed by atoms with van der Waals surface area (Å²) in [5.41, 5.74) is 0. The van der Waals surface area contributed by atoms with Crippen LogP contribution in [0.4, 0.5) is 0 Å². The molecule has 2 heteroatoms. The molecule has 0 heterocycles. The molecule has 0 bridgehead atoms. The standard InChI is InChI=1S/C9H18N2/c1-11(2)8-7-10-9-5-3-4-6-9/h3-4,9-10H,5-8H2,1-2H3. The molecule has 0 fully saturated rings. The minimum atomic E-state index is 0.718. The van der Waals surface area contributed by atoms with Crippen molar-refractivity contribution in [2.45, 2.75) is 18.9 Å². The Labute approximate surface area is 69.3 Å². The number of nitrogens with one attached hydrogen (secondary N) is 1. The lowest BCUT2D eigenvalue weighted by molar-refractivity contribution is 0.385. The van der Waals surface area contributed by atoms with Crippen molar-refractivity contribution in [3.05, 3.63) is 12.2 Å². The maximum Gasteiger partial charge on any atom is 0.0137 e. The van der Waals surface area contributed by atoms with Gasteiger partial charge < -0.3 is 10.2 Å². The van der Waals surface area contributed by atoms with Crippen molar-refractivity contribution in [3.63, 3.8) is 0 Å². The fraction of sp³-hybridized carbons (Fsp3) is 0.778. The summed E-state index contributed by atoms with van der Waals surface area (Å²) in [6, 6.07) is 0.718. The van der Waals surface area contributed by atoms with Crippen LogP contribution >= 0.6 is 0 Å². The van der Waals surface area contributed by atoms with E-state index in [1.807, 2.05) is 0 Å². The molecule has 11 heavy (non-hydrogen) atoms. The average Bonchev–Trinajstić information content (AvgIpc) is 2.39. The maximum atomic E-state index is 3.51. The highest BCUT2D eigenvalue weighted by Gasteiger charge is 2.07. The monoisotopic (exact) mass is 154 g/mol. The molecule has 2 nitrogen and oxygen atoms in total. The summed E-state index contributed by atoms with van der Waals surface area (Å²) in [5.74, 6) is 0. The summed E-state index contributed by atoms with van der Waals surface area (Å²) in [5, 5.41) is 3.51. The highest BCUT2D eigenvalue weighted by atomic mass is 15.1. The maximum absolute atomic E-state index is 3.51. The van der Waals surface area contributed by atoms with Crippen LogP contribution in [0.25, 0.3) is 0 Å². The highest BCUT2D eigenvalue weighted by molar-refractivity contribution is 4.97. The second-order valence-corrected chi connectivity index (χ2v) is 3.40. The molecular weight excluding hydrogens is 136 g/mol. The second-order valence-electron chi connectivity index (χ2n) is 3.40. The molecule has 0 amide bonds. The lowest BCUT2D eigenvalue weighted by atomic mass is 10.2. The molecular formula is C9H18N2. The zero-order valence-electron chi connectivity index (χ0n) is 7.51. The summed E-state index contributed by atoms with van der Waals surface area (Å²) in [6.45, 7) is 2.25. The molecule has 64 valence electrons. The highest BCUT2D eigenvalue weighted by Crippen LogP contribution is 2.08. The average molecular weight is 154 g/mol. The van der Waals surface area contributed by atoms with Gasteiger partial charge in [-0.25, -0.2) is 0 Å². The SMILES string of the molecule is CN(C)CCNC1CC=CC1. The summed E-state index contributed by atoms with van der Waals surface area (Å²) < 4.78 is 0. The van der Waals surface area contributed by atoms with E-state index in [0.717, 1.165) is 19.1 Å². The van der Waals surface area contributed by atoms with Crippen LogP contribution in [0.3, 0.4) is 0 Å². The van der Waals surface area contributed by atoms with Crippen LogP contribution in [0.1, 0.15) is 12.8 Å². The molecule has 0 unspecified atom stereocenters. The van der Waals surface area contributed by atoms with Gasteiger partial charge in [0.25, 0.3) is 0 Å². The Morgan fingerprint density at radius 3 is 2.55 bits per heavy atom. The third kappa shape index (κ3) is 3.54. The Balaban J connectivity index is 1.95. The lowest BCUT2D eigenvalue weighted by Crippen LogP contribution is -2.33. The molecule has 1 rings (SSSR count). The Bertz CT molecular complexity index is 122. The fourth-order valence-corrected chi connectivity index (χ4v) is 1.28. The zero-order chi connectivity index (χ0) is 8.10. The van der Waals surface area contributed by atoms with Crippen LogP contribution in [0, 0.1) is 0 Å². The minimum absolute atomic E-state index is 0.718. The van der Waals surface area contributed by atoms with E-state index in [9.17, 15) is 0 Å². The van der Waals surface area contributed by atoms with Crippen LogP contribution < -0.4 is 5.32 Å². The van der Waals surface area contributed by atoms with Gasteiger partial charge in [-0.15, -0.1) is 0 Å². The van der Waals surface area contributed by atoms with E-state index < -0.39 is 0 Å². The van der Waals surface area contributed by atoms with E-state index in [1.54, 1.807) is 0 Å². The molecule has 0 radical (unpaired) electrons. The Morgan fingerprint density at radius 2 is 2.00 bits per heavy atom. The van der Waals surface area contributed by atoms with E-state index in [2.05, 4.69) is 36.5 Å². The predicted molar refractivity (Wildman–Crippen MR) is 48.7 cm³/mol. The lowest BCUT2D eigenvalue weighted by Gasteiger charge is -2.14. The van der Waals surface area contributed by atoms with Gasteiger partial charge in [-0.3, -0.25) is 0 Å². The van der Waals surface area contributed by atoms with Gasteiger partial charge in [0.05, 0.1) is 0 Å². The smallest absolute Gasteiger partial charge is 0.0137 e. The van der Waals surface area contributed by atoms with Crippen LogP contribution in [-0.4, -0.2) is 38.1 Å². The third-order valence-corrected chi connectivity index (χ3v) is 2.00. The first-order valence-corrected chi connectivity index (χ1v) is 4.32. The van der Waals surface area contributed by atoms with Gasteiger partial charge >= 0.3 is 0 Å². The number of rotatable bonds is 4. The first kappa shape index (κ1) is 8.75. The number of likely N-dealkylation sites (N-methyl/N-ethyl adjacent to an activating group) is 1. The molecule has 1 aliphatic rings. The van der Waals surface area contributed by atoms with E-state index in [-0.39, 0.29) is 0 Å². The summed E-state index contributed by atoms with van der Waals surface area (Å²) in [4.78, 5) is 2.20. The Morgan fingerprint density at radius 1 is 1.36 bits per heavy atom. The van der Waals surface area contributed by atoms with E-state index >= 15 is 0 Å². The first-order valence-electron chi connectivity index (χ1n) is 4.32. The van der Waals surface area contributed by atoms with Crippen molar-refractivity contribution in [1.82, 2.24) is 10.2 Å². The number of hydrogen-bond acceptors (Lipinski definition) is 2. The van der Waals surface area contributed by atoms with Crippen molar-refractivity contribution in [3.8, 4) is 0 Å².